The summed E-state index contributed by atoms with van der Waals surface area (Å²) in [6.07, 6.45) is 4.03. The van der Waals surface area contributed by atoms with Crippen molar-refractivity contribution in [2.24, 2.45) is 0 Å². The van der Waals surface area contributed by atoms with Gasteiger partial charge in [0.25, 0.3) is 5.91 Å². The van der Waals surface area contributed by atoms with E-state index in [2.05, 4.69) is 0 Å². The van der Waals surface area contributed by atoms with Crippen LogP contribution in [0.15, 0.2) is 24.3 Å². The highest BCUT2D eigenvalue weighted by Gasteiger charge is 2.28. The number of carbonyl (C=O) groups excluding carboxylic acids is 1. The van der Waals surface area contributed by atoms with Crippen LogP contribution in [0.2, 0.25) is 0 Å². The van der Waals surface area contributed by atoms with E-state index in [-0.39, 0.29) is 12.5 Å². The molecule has 1 amide bonds. The van der Waals surface area contributed by atoms with Crippen LogP contribution in [0, 0.1) is 0 Å². The first-order chi connectivity index (χ1) is 9.63. The van der Waals surface area contributed by atoms with Gasteiger partial charge in [-0.25, -0.2) is 0 Å². The van der Waals surface area contributed by atoms with Crippen molar-refractivity contribution in [2.75, 3.05) is 32.1 Å². The molecule has 1 aliphatic rings. The van der Waals surface area contributed by atoms with Crippen LogP contribution in [-0.2, 0) is 0 Å². The van der Waals surface area contributed by atoms with Crippen molar-refractivity contribution in [3.63, 3.8) is 0 Å². The van der Waals surface area contributed by atoms with Crippen LogP contribution in [0.25, 0.3) is 0 Å². The van der Waals surface area contributed by atoms with Crippen molar-refractivity contribution in [1.82, 2.24) is 4.90 Å². The minimum absolute atomic E-state index is 0.0912. The molecular weight excluding hydrogens is 252 g/mol. The summed E-state index contributed by atoms with van der Waals surface area (Å²) in [7, 11) is 3.97. The van der Waals surface area contributed by atoms with Crippen molar-refractivity contribution in [3.8, 4) is 0 Å². The van der Waals surface area contributed by atoms with Gasteiger partial charge in [-0.15, -0.1) is 0 Å². The Kier molecular flexibility index (Phi) is 5.01. The van der Waals surface area contributed by atoms with Gasteiger partial charge in [0, 0.05) is 44.5 Å². The quantitative estimate of drug-likeness (QED) is 0.865. The molecule has 1 N–H and O–H groups in total. The number of benzene rings is 1. The Morgan fingerprint density at radius 2 is 1.90 bits per heavy atom. The molecule has 0 spiro atoms. The zero-order chi connectivity index (χ0) is 14.5. The maximum Gasteiger partial charge on any atom is 0.254 e. The fourth-order valence-electron chi connectivity index (χ4n) is 2.46. The highest BCUT2D eigenvalue weighted by Crippen LogP contribution is 2.26. The molecule has 1 aromatic rings. The SMILES string of the molecule is CN(C)c1ccc(C(=O)N(CCCO)C2CCC2)cc1. The number of nitrogens with zero attached hydrogens (tertiary/aromatic N) is 2. The Morgan fingerprint density at radius 3 is 2.35 bits per heavy atom. The Labute approximate surface area is 121 Å². The van der Waals surface area contributed by atoms with Gasteiger partial charge in [-0.05, 0) is 49.9 Å². The molecule has 4 nitrogen and oxygen atoms in total. The van der Waals surface area contributed by atoms with Crippen LogP contribution in [-0.4, -0.2) is 49.2 Å². The molecule has 0 heterocycles. The zero-order valence-electron chi connectivity index (χ0n) is 12.4. The van der Waals surface area contributed by atoms with E-state index >= 15 is 0 Å². The zero-order valence-corrected chi connectivity index (χ0v) is 12.4. The lowest BCUT2D eigenvalue weighted by atomic mass is 9.90. The van der Waals surface area contributed by atoms with Crippen molar-refractivity contribution < 1.29 is 9.90 Å². The average Bonchev–Trinajstić information content (AvgIpc) is 2.40. The summed E-state index contributed by atoms with van der Waals surface area (Å²) in [6, 6.07) is 8.09. The number of hydrogen-bond acceptors (Lipinski definition) is 3. The normalized spacial score (nSPS) is 14.8. The summed E-state index contributed by atoms with van der Waals surface area (Å²) in [5, 5.41) is 8.99. The maximum atomic E-state index is 12.6. The second kappa shape index (κ2) is 6.75. The standard InChI is InChI=1S/C16H24N2O2/c1-17(2)14-9-7-13(8-10-14)16(20)18(11-4-12-19)15-5-3-6-15/h7-10,15,19H,3-6,11-12H2,1-2H3. The van der Waals surface area contributed by atoms with E-state index in [0.29, 0.717) is 19.0 Å². The van der Waals surface area contributed by atoms with Crippen LogP contribution < -0.4 is 4.90 Å². The second-order valence-corrected chi connectivity index (χ2v) is 5.60. The number of aliphatic hydroxyl groups is 1. The summed E-state index contributed by atoms with van der Waals surface area (Å²) in [5.41, 5.74) is 1.83. The van der Waals surface area contributed by atoms with Gasteiger partial charge >= 0.3 is 0 Å². The monoisotopic (exact) mass is 276 g/mol. The number of rotatable bonds is 6. The van der Waals surface area contributed by atoms with E-state index in [4.69, 9.17) is 5.11 Å². The van der Waals surface area contributed by atoms with E-state index in [1.54, 1.807) is 0 Å². The van der Waals surface area contributed by atoms with Gasteiger partial charge in [-0.3, -0.25) is 4.79 Å². The maximum absolute atomic E-state index is 12.6. The second-order valence-electron chi connectivity index (χ2n) is 5.60. The smallest absolute Gasteiger partial charge is 0.254 e. The van der Waals surface area contributed by atoms with Crippen LogP contribution in [0.4, 0.5) is 5.69 Å². The minimum Gasteiger partial charge on any atom is -0.396 e. The van der Waals surface area contributed by atoms with Gasteiger partial charge in [0.1, 0.15) is 0 Å². The van der Waals surface area contributed by atoms with E-state index < -0.39 is 0 Å². The summed E-state index contributed by atoms with van der Waals surface area (Å²) in [4.78, 5) is 16.5. The van der Waals surface area contributed by atoms with Gasteiger partial charge in [0.05, 0.1) is 0 Å². The van der Waals surface area contributed by atoms with Crippen LogP contribution in [0.3, 0.4) is 0 Å². The number of carbonyl (C=O) groups is 1. The number of aliphatic hydroxyl groups excluding tert-OH is 1. The van der Waals surface area contributed by atoms with Crippen molar-refractivity contribution >= 4 is 11.6 Å². The molecule has 0 atom stereocenters. The Hall–Kier alpha value is -1.55. The predicted octanol–water partition coefficient (Wildman–Crippen LogP) is 2.13. The van der Waals surface area contributed by atoms with Crippen LogP contribution in [0.5, 0.6) is 0 Å². The molecule has 0 radical (unpaired) electrons. The predicted molar refractivity (Wildman–Crippen MR) is 81.1 cm³/mol. The summed E-state index contributed by atoms with van der Waals surface area (Å²) in [6.45, 7) is 0.783. The lowest BCUT2D eigenvalue weighted by Crippen LogP contribution is -2.44. The minimum atomic E-state index is 0.0912. The first-order valence-electron chi connectivity index (χ1n) is 7.32. The van der Waals surface area contributed by atoms with Crippen molar-refractivity contribution in [2.45, 2.75) is 31.7 Å². The van der Waals surface area contributed by atoms with E-state index in [1.807, 2.05) is 48.2 Å². The molecule has 2 rings (SSSR count). The molecule has 1 aromatic carbocycles. The summed E-state index contributed by atoms with van der Waals surface area (Å²) in [5.74, 6) is 0.0912. The van der Waals surface area contributed by atoms with E-state index in [1.165, 1.54) is 6.42 Å². The molecule has 0 aliphatic heterocycles. The number of anilines is 1. The van der Waals surface area contributed by atoms with Gasteiger partial charge in [0.15, 0.2) is 0 Å². The molecule has 0 saturated heterocycles. The van der Waals surface area contributed by atoms with Gasteiger partial charge in [-0.2, -0.15) is 0 Å². The lowest BCUT2D eigenvalue weighted by molar-refractivity contribution is 0.0562. The summed E-state index contributed by atoms with van der Waals surface area (Å²) >= 11 is 0. The molecular formula is C16H24N2O2. The Morgan fingerprint density at radius 1 is 1.25 bits per heavy atom. The molecule has 1 saturated carbocycles. The van der Waals surface area contributed by atoms with Crippen LogP contribution >= 0.6 is 0 Å². The molecule has 0 aromatic heterocycles. The van der Waals surface area contributed by atoms with Gasteiger partial charge in [0.2, 0.25) is 0 Å². The topological polar surface area (TPSA) is 43.8 Å². The van der Waals surface area contributed by atoms with E-state index in [9.17, 15) is 4.79 Å². The highest BCUT2D eigenvalue weighted by molar-refractivity contribution is 5.94. The van der Waals surface area contributed by atoms with Gasteiger partial charge < -0.3 is 14.9 Å². The molecule has 1 aliphatic carbocycles. The van der Waals surface area contributed by atoms with Crippen molar-refractivity contribution in [1.29, 1.82) is 0 Å². The van der Waals surface area contributed by atoms with Crippen molar-refractivity contribution in [3.05, 3.63) is 29.8 Å². The molecule has 0 unspecified atom stereocenters. The molecule has 20 heavy (non-hydrogen) atoms. The lowest BCUT2D eigenvalue weighted by Gasteiger charge is -2.37. The number of amides is 1. The molecule has 110 valence electrons. The molecule has 1 fully saturated rings. The van der Waals surface area contributed by atoms with Crippen LogP contribution in [0.1, 0.15) is 36.0 Å². The fraction of sp³-hybridized carbons (Fsp3) is 0.562. The first-order valence-corrected chi connectivity index (χ1v) is 7.32. The third-order valence-electron chi connectivity index (χ3n) is 3.96. The first kappa shape index (κ1) is 14.9. The third kappa shape index (κ3) is 3.31. The summed E-state index contributed by atoms with van der Waals surface area (Å²) < 4.78 is 0. The Balaban J connectivity index is 2.09. The largest absolute Gasteiger partial charge is 0.396 e. The molecule has 4 heteroatoms. The van der Waals surface area contributed by atoms with Gasteiger partial charge in [-0.1, -0.05) is 0 Å². The molecule has 0 bridgehead atoms. The number of hydrogen-bond donors (Lipinski definition) is 1. The van der Waals surface area contributed by atoms with E-state index in [0.717, 1.165) is 24.1 Å². The third-order valence-corrected chi connectivity index (χ3v) is 3.96. The highest BCUT2D eigenvalue weighted by atomic mass is 16.3. The Bertz CT molecular complexity index is 438. The fourth-order valence-corrected chi connectivity index (χ4v) is 2.46. The average molecular weight is 276 g/mol.